The number of rotatable bonds is 5. The second-order valence-corrected chi connectivity index (χ2v) is 3.99. The third kappa shape index (κ3) is 3.73. The van der Waals surface area contributed by atoms with E-state index in [2.05, 4.69) is 0 Å². The summed E-state index contributed by atoms with van der Waals surface area (Å²) in [5.41, 5.74) is 0.608. The molecule has 0 atom stereocenters. The first-order valence-electron chi connectivity index (χ1n) is 5.18. The molecular weight excluding hydrogens is 194 g/mol. The highest BCUT2D eigenvalue weighted by molar-refractivity contribution is 5.94. The van der Waals surface area contributed by atoms with Crippen molar-refractivity contribution in [2.75, 3.05) is 13.1 Å². The van der Waals surface area contributed by atoms with Crippen LogP contribution in [-0.4, -0.2) is 35.0 Å². The van der Waals surface area contributed by atoms with Crippen LogP contribution < -0.4 is 0 Å². The van der Waals surface area contributed by atoms with Gasteiger partial charge in [-0.1, -0.05) is 6.08 Å². The lowest BCUT2D eigenvalue weighted by Crippen LogP contribution is -2.37. The molecule has 0 unspecified atom stereocenters. The minimum atomic E-state index is -0.951. The Kier molecular flexibility index (Phi) is 3.88. The van der Waals surface area contributed by atoms with Crippen molar-refractivity contribution in [3.8, 4) is 0 Å². The van der Waals surface area contributed by atoms with E-state index in [1.807, 2.05) is 0 Å². The van der Waals surface area contributed by atoms with Gasteiger partial charge in [0.15, 0.2) is 0 Å². The van der Waals surface area contributed by atoms with Crippen LogP contribution in [0.25, 0.3) is 0 Å². The second kappa shape index (κ2) is 4.96. The van der Waals surface area contributed by atoms with Crippen molar-refractivity contribution >= 4 is 11.9 Å². The minimum Gasteiger partial charge on any atom is -0.480 e. The molecule has 0 spiro atoms. The number of allylic oxidation sites excluding steroid dienone is 1. The number of hydrogen-bond donors (Lipinski definition) is 1. The number of carboxylic acids is 1. The van der Waals surface area contributed by atoms with E-state index in [1.165, 1.54) is 4.90 Å². The van der Waals surface area contributed by atoms with Gasteiger partial charge >= 0.3 is 5.97 Å². The minimum absolute atomic E-state index is 0.160. The third-order valence-corrected chi connectivity index (χ3v) is 2.56. The van der Waals surface area contributed by atoms with Gasteiger partial charge in [-0.3, -0.25) is 9.59 Å². The average molecular weight is 211 g/mol. The molecule has 4 nitrogen and oxygen atoms in total. The van der Waals surface area contributed by atoms with E-state index in [0.29, 0.717) is 18.0 Å². The Morgan fingerprint density at radius 2 is 2.07 bits per heavy atom. The fraction of sp³-hybridized carbons (Fsp3) is 0.636. The fourth-order valence-electron chi connectivity index (χ4n) is 1.37. The summed E-state index contributed by atoms with van der Waals surface area (Å²) in [7, 11) is 0. The zero-order chi connectivity index (χ0) is 11.4. The standard InChI is InChI=1S/C11H17NO3/c1-3-8(2)11(15)12(7-10(13)14)6-9-4-5-9/h3,9H,4-7H2,1-2H3,(H,13,14)/b8-3-. The number of carbonyl (C=O) groups is 2. The number of carboxylic acid groups (broad SMARTS) is 1. The van der Waals surface area contributed by atoms with Crippen LogP contribution in [0.1, 0.15) is 26.7 Å². The van der Waals surface area contributed by atoms with Crippen LogP contribution in [0.2, 0.25) is 0 Å². The average Bonchev–Trinajstić information content (AvgIpc) is 2.97. The first-order chi connectivity index (χ1) is 7.04. The molecule has 1 amide bonds. The van der Waals surface area contributed by atoms with Crippen LogP contribution in [0.3, 0.4) is 0 Å². The van der Waals surface area contributed by atoms with Crippen molar-refractivity contribution in [3.63, 3.8) is 0 Å². The van der Waals surface area contributed by atoms with E-state index >= 15 is 0 Å². The molecule has 1 aliphatic carbocycles. The molecule has 0 bridgehead atoms. The number of carbonyl (C=O) groups excluding carboxylic acids is 1. The number of amides is 1. The van der Waals surface area contributed by atoms with Gasteiger partial charge in [0.05, 0.1) is 0 Å². The summed E-state index contributed by atoms with van der Waals surface area (Å²) in [5.74, 6) is -0.599. The van der Waals surface area contributed by atoms with Gasteiger partial charge in [-0.05, 0) is 32.6 Å². The maximum Gasteiger partial charge on any atom is 0.323 e. The Bertz CT molecular complexity index is 292. The zero-order valence-electron chi connectivity index (χ0n) is 9.19. The highest BCUT2D eigenvalue weighted by Crippen LogP contribution is 2.29. The molecule has 1 fully saturated rings. The SMILES string of the molecule is C/C=C(/C)C(=O)N(CC(=O)O)CC1CC1. The third-order valence-electron chi connectivity index (χ3n) is 2.56. The molecule has 0 aromatic rings. The Hall–Kier alpha value is -1.32. The van der Waals surface area contributed by atoms with Crippen LogP contribution in [0, 0.1) is 5.92 Å². The van der Waals surface area contributed by atoms with Crippen molar-refractivity contribution in [3.05, 3.63) is 11.6 Å². The van der Waals surface area contributed by atoms with E-state index in [-0.39, 0.29) is 12.5 Å². The molecule has 0 saturated heterocycles. The second-order valence-electron chi connectivity index (χ2n) is 3.99. The van der Waals surface area contributed by atoms with Gasteiger partial charge in [0.1, 0.15) is 6.54 Å². The number of nitrogens with zero attached hydrogens (tertiary/aromatic N) is 1. The summed E-state index contributed by atoms with van der Waals surface area (Å²) in [5, 5.41) is 8.71. The molecule has 1 saturated carbocycles. The first-order valence-corrected chi connectivity index (χ1v) is 5.18. The molecular formula is C11H17NO3. The largest absolute Gasteiger partial charge is 0.480 e. The Morgan fingerprint density at radius 3 is 2.47 bits per heavy atom. The monoisotopic (exact) mass is 211 g/mol. The molecule has 1 N–H and O–H groups in total. The highest BCUT2D eigenvalue weighted by Gasteiger charge is 2.28. The van der Waals surface area contributed by atoms with Crippen molar-refractivity contribution in [2.24, 2.45) is 5.92 Å². The molecule has 0 aromatic carbocycles. The maximum absolute atomic E-state index is 11.8. The first kappa shape index (κ1) is 11.8. The van der Waals surface area contributed by atoms with Gasteiger partial charge in [-0.2, -0.15) is 0 Å². The highest BCUT2D eigenvalue weighted by atomic mass is 16.4. The normalized spacial score (nSPS) is 16.3. The van der Waals surface area contributed by atoms with Crippen LogP contribution in [0.15, 0.2) is 11.6 Å². The van der Waals surface area contributed by atoms with Gasteiger partial charge in [-0.25, -0.2) is 0 Å². The lowest BCUT2D eigenvalue weighted by atomic mass is 10.2. The Morgan fingerprint density at radius 1 is 1.47 bits per heavy atom. The summed E-state index contributed by atoms with van der Waals surface area (Å²) in [6.45, 7) is 3.88. The smallest absolute Gasteiger partial charge is 0.323 e. The van der Waals surface area contributed by atoms with Crippen molar-refractivity contribution < 1.29 is 14.7 Å². The molecule has 0 radical (unpaired) electrons. The van der Waals surface area contributed by atoms with Crippen LogP contribution >= 0.6 is 0 Å². The molecule has 0 heterocycles. The van der Waals surface area contributed by atoms with E-state index in [1.54, 1.807) is 19.9 Å². The van der Waals surface area contributed by atoms with Crippen LogP contribution in [-0.2, 0) is 9.59 Å². The van der Waals surface area contributed by atoms with Gasteiger partial charge in [0, 0.05) is 12.1 Å². The van der Waals surface area contributed by atoms with Crippen molar-refractivity contribution in [2.45, 2.75) is 26.7 Å². The summed E-state index contributed by atoms with van der Waals surface area (Å²) < 4.78 is 0. The van der Waals surface area contributed by atoms with Crippen LogP contribution in [0.4, 0.5) is 0 Å². The molecule has 0 aromatic heterocycles. The predicted molar refractivity (Wildman–Crippen MR) is 56.4 cm³/mol. The zero-order valence-corrected chi connectivity index (χ0v) is 9.19. The quantitative estimate of drug-likeness (QED) is 0.697. The Labute approximate surface area is 89.6 Å². The summed E-state index contributed by atoms with van der Waals surface area (Å²) in [6, 6.07) is 0. The summed E-state index contributed by atoms with van der Waals surface area (Å²) >= 11 is 0. The lowest BCUT2D eigenvalue weighted by molar-refractivity contribution is -0.143. The van der Waals surface area contributed by atoms with Gasteiger partial charge in [-0.15, -0.1) is 0 Å². The molecule has 0 aliphatic heterocycles. The summed E-state index contributed by atoms with van der Waals surface area (Å²) in [4.78, 5) is 23.8. The van der Waals surface area contributed by atoms with Crippen LogP contribution in [0.5, 0.6) is 0 Å². The lowest BCUT2D eigenvalue weighted by Gasteiger charge is -2.20. The molecule has 4 heteroatoms. The van der Waals surface area contributed by atoms with Gasteiger partial charge < -0.3 is 10.0 Å². The van der Waals surface area contributed by atoms with Gasteiger partial charge in [0.25, 0.3) is 0 Å². The maximum atomic E-state index is 11.8. The summed E-state index contributed by atoms with van der Waals surface area (Å²) in [6.07, 6.45) is 3.93. The van der Waals surface area contributed by atoms with E-state index in [9.17, 15) is 9.59 Å². The predicted octanol–water partition coefficient (Wildman–Crippen LogP) is 1.28. The Balaban J connectivity index is 2.60. The number of aliphatic carboxylic acids is 1. The fourth-order valence-corrected chi connectivity index (χ4v) is 1.37. The van der Waals surface area contributed by atoms with Crippen molar-refractivity contribution in [1.82, 2.24) is 4.90 Å². The molecule has 84 valence electrons. The van der Waals surface area contributed by atoms with Crippen molar-refractivity contribution in [1.29, 1.82) is 0 Å². The molecule has 15 heavy (non-hydrogen) atoms. The number of hydrogen-bond acceptors (Lipinski definition) is 2. The van der Waals surface area contributed by atoms with E-state index < -0.39 is 5.97 Å². The molecule has 1 aliphatic rings. The molecule has 1 rings (SSSR count). The topological polar surface area (TPSA) is 57.6 Å². The van der Waals surface area contributed by atoms with E-state index in [0.717, 1.165) is 12.8 Å². The van der Waals surface area contributed by atoms with E-state index in [4.69, 9.17) is 5.11 Å². The van der Waals surface area contributed by atoms with Gasteiger partial charge in [0.2, 0.25) is 5.91 Å².